The molecule has 0 aliphatic carbocycles. The molecule has 21 heavy (non-hydrogen) atoms. The highest BCUT2D eigenvalue weighted by Gasteiger charge is 2.11. The third-order valence-corrected chi connectivity index (χ3v) is 3.35. The molecule has 0 saturated carbocycles. The minimum Gasteiger partial charge on any atom is -0.468 e. The number of carbonyl (C=O) groups excluding carboxylic acids is 1. The molecule has 0 bridgehead atoms. The predicted octanol–water partition coefficient (Wildman–Crippen LogP) is 2.81. The molecule has 1 N–H and O–H groups in total. The van der Waals surface area contributed by atoms with Crippen LogP contribution in [0.3, 0.4) is 0 Å². The molecule has 4 nitrogen and oxygen atoms in total. The van der Waals surface area contributed by atoms with E-state index >= 15 is 0 Å². The van der Waals surface area contributed by atoms with Crippen LogP contribution in [0, 0.1) is 0 Å². The van der Waals surface area contributed by atoms with Crippen molar-refractivity contribution in [1.29, 1.82) is 0 Å². The van der Waals surface area contributed by atoms with Gasteiger partial charge in [-0.05, 0) is 24.6 Å². The van der Waals surface area contributed by atoms with Gasteiger partial charge in [0.15, 0.2) is 0 Å². The van der Waals surface area contributed by atoms with Crippen molar-refractivity contribution >= 4 is 5.91 Å². The average molecular weight is 286 g/mol. The van der Waals surface area contributed by atoms with Crippen LogP contribution in [0.1, 0.15) is 24.7 Å². The fraction of sp³-hybridized carbons (Fsp3) is 0.353. The third-order valence-electron chi connectivity index (χ3n) is 3.35. The molecular weight excluding hydrogens is 264 g/mol. The number of carbonyl (C=O) groups is 1. The lowest BCUT2D eigenvalue weighted by atomic mass is 10.2. The summed E-state index contributed by atoms with van der Waals surface area (Å²) in [6.45, 7) is 4.73. The third kappa shape index (κ3) is 5.08. The Morgan fingerprint density at radius 2 is 2.00 bits per heavy atom. The summed E-state index contributed by atoms with van der Waals surface area (Å²) in [7, 11) is 0. The van der Waals surface area contributed by atoms with Crippen LogP contribution in [-0.4, -0.2) is 23.9 Å². The molecule has 1 aromatic carbocycles. The number of nitrogens with zero attached hydrogens (tertiary/aromatic N) is 1. The van der Waals surface area contributed by atoms with Crippen molar-refractivity contribution in [3.8, 4) is 0 Å². The fourth-order valence-electron chi connectivity index (χ4n) is 2.16. The zero-order valence-electron chi connectivity index (χ0n) is 12.4. The van der Waals surface area contributed by atoms with Crippen molar-refractivity contribution in [2.45, 2.75) is 26.4 Å². The SMILES string of the molecule is CCN(Cc1ccccc1)C(=O)CCNCc1ccco1. The van der Waals surface area contributed by atoms with E-state index in [1.165, 1.54) is 0 Å². The van der Waals surface area contributed by atoms with Gasteiger partial charge in [-0.2, -0.15) is 0 Å². The Bertz CT molecular complexity index is 523. The highest BCUT2D eigenvalue weighted by atomic mass is 16.3. The summed E-state index contributed by atoms with van der Waals surface area (Å²) < 4.78 is 5.23. The summed E-state index contributed by atoms with van der Waals surface area (Å²) in [6, 6.07) is 13.9. The van der Waals surface area contributed by atoms with E-state index in [1.54, 1.807) is 6.26 Å². The number of rotatable bonds is 8. The summed E-state index contributed by atoms with van der Waals surface area (Å²) in [5.41, 5.74) is 1.16. The van der Waals surface area contributed by atoms with Crippen LogP contribution >= 0.6 is 0 Å². The van der Waals surface area contributed by atoms with E-state index in [-0.39, 0.29) is 5.91 Å². The Morgan fingerprint density at radius 1 is 1.19 bits per heavy atom. The van der Waals surface area contributed by atoms with Crippen molar-refractivity contribution in [2.75, 3.05) is 13.1 Å². The second-order valence-electron chi connectivity index (χ2n) is 4.90. The molecule has 0 saturated heterocycles. The first-order valence-electron chi connectivity index (χ1n) is 7.34. The van der Waals surface area contributed by atoms with Gasteiger partial charge in [-0.3, -0.25) is 4.79 Å². The van der Waals surface area contributed by atoms with Gasteiger partial charge in [-0.15, -0.1) is 0 Å². The van der Waals surface area contributed by atoms with E-state index in [2.05, 4.69) is 5.32 Å². The first kappa shape index (κ1) is 15.3. The highest BCUT2D eigenvalue weighted by molar-refractivity contribution is 5.76. The van der Waals surface area contributed by atoms with Gasteiger partial charge in [-0.1, -0.05) is 30.3 Å². The van der Waals surface area contributed by atoms with Gasteiger partial charge in [0.2, 0.25) is 5.91 Å². The maximum atomic E-state index is 12.2. The van der Waals surface area contributed by atoms with Gasteiger partial charge in [0.1, 0.15) is 5.76 Å². The second-order valence-corrected chi connectivity index (χ2v) is 4.90. The summed E-state index contributed by atoms with van der Waals surface area (Å²) in [6.07, 6.45) is 2.15. The summed E-state index contributed by atoms with van der Waals surface area (Å²) >= 11 is 0. The number of nitrogens with one attached hydrogen (secondary N) is 1. The van der Waals surface area contributed by atoms with Crippen molar-refractivity contribution in [3.63, 3.8) is 0 Å². The largest absolute Gasteiger partial charge is 0.468 e. The van der Waals surface area contributed by atoms with Crippen LogP contribution in [0.25, 0.3) is 0 Å². The maximum Gasteiger partial charge on any atom is 0.224 e. The predicted molar refractivity (Wildman–Crippen MR) is 82.6 cm³/mol. The molecule has 0 aliphatic rings. The normalized spacial score (nSPS) is 10.5. The average Bonchev–Trinajstić information content (AvgIpc) is 3.03. The van der Waals surface area contributed by atoms with Gasteiger partial charge in [0, 0.05) is 26.1 Å². The van der Waals surface area contributed by atoms with Gasteiger partial charge in [-0.25, -0.2) is 0 Å². The number of amides is 1. The quantitative estimate of drug-likeness (QED) is 0.759. The molecule has 2 aromatic rings. The minimum atomic E-state index is 0.174. The smallest absolute Gasteiger partial charge is 0.224 e. The molecule has 2 rings (SSSR count). The molecule has 0 fully saturated rings. The van der Waals surface area contributed by atoms with E-state index < -0.39 is 0 Å². The van der Waals surface area contributed by atoms with Crippen LogP contribution in [0.2, 0.25) is 0 Å². The lowest BCUT2D eigenvalue weighted by molar-refractivity contribution is -0.131. The van der Waals surface area contributed by atoms with E-state index in [0.29, 0.717) is 26.1 Å². The van der Waals surface area contributed by atoms with Crippen molar-refractivity contribution < 1.29 is 9.21 Å². The number of benzene rings is 1. The molecular formula is C17H22N2O2. The molecule has 1 amide bonds. The summed E-state index contributed by atoms with van der Waals surface area (Å²) in [4.78, 5) is 14.1. The van der Waals surface area contributed by atoms with Crippen molar-refractivity contribution in [3.05, 3.63) is 60.1 Å². The molecule has 0 unspecified atom stereocenters. The molecule has 0 aliphatic heterocycles. The Balaban J connectivity index is 1.72. The van der Waals surface area contributed by atoms with Gasteiger partial charge < -0.3 is 14.6 Å². The van der Waals surface area contributed by atoms with Crippen molar-refractivity contribution in [1.82, 2.24) is 10.2 Å². The number of hydrogen-bond donors (Lipinski definition) is 1. The standard InChI is InChI=1S/C17H22N2O2/c1-2-19(14-15-7-4-3-5-8-15)17(20)10-11-18-13-16-9-6-12-21-16/h3-9,12,18H,2,10-11,13-14H2,1H3. The van der Waals surface area contributed by atoms with Gasteiger partial charge in [0.05, 0.1) is 12.8 Å². The van der Waals surface area contributed by atoms with Crippen LogP contribution in [0.5, 0.6) is 0 Å². The molecule has 0 spiro atoms. The summed E-state index contributed by atoms with van der Waals surface area (Å²) in [5.74, 6) is 1.06. The highest BCUT2D eigenvalue weighted by Crippen LogP contribution is 2.06. The molecule has 0 radical (unpaired) electrons. The zero-order valence-corrected chi connectivity index (χ0v) is 12.4. The van der Waals surface area contributed by atoms with Crippen molar-refractivity contribution in [2.24, 2.45) is 0 Å². The molecule has 0 atom stereocenters. The van der Waals surface area contributed by atoms with Gasteiger partial charge >= 0.3 is 0 Å². The second kappa shape index (κ2) is 8.27. The molecule has 112 valence electrons. The van der Waals surface area contributed by atoms with E-state index in [9.17, 15) is 4.79 Å². The molecule has 1 aromatic heterocycles. The van der Waals surface area contributed by atoms with E-state index in [0.717, 1.165) is 17.9 Å². The van der Waals surface area contributed by atoms with Crippen LogP contribution in [-0.2, 0) is 17.9 Å². The first-order chi connectivity index (χ1) is 10.3. The number of furan rings is 1. The van der Waals surface area contributed by atoms with Gasteiger partial charge in [0.25, 0.3) is 0 Å². The first-order valence-corrected chi connectivity index (χ1v) is 7.34. The van der Waals surface area contributed by atoms with E-state index in [1.807, 2.05) is 54.3 Å². The molecule has 1 heterocycles. The van der Waals surface area contributed by atoms with E-state index in [4.69, 9.17) is 4.42 Å². The Hall–Kier alpha value is -2.07. The lowest BCUT2D eigenvalue weighted by Gasteiger charge is -2.21. The zero-order chi connectivity index (χ0) is 14.9. The van der Waals surface area contributed by atoms with Crippen LogP contribution in [0.4, 0.5) is 0 Å². The topological polar surface area (TPSA) is 45.5 Å². The summed E-state index contributed by atoms with van der Waals surface area (Å²) in [5, 5.41) is 3.22. The fourth-order valence-corrected chi connectivity index (χ4v) is 2.16. The Kier molecular flexibility index (Phi) is 6.03. The Morgan fingerprint density at radius 3 is 2.67 bits per heavy atom. The Labute approximate surface area is 125 Å². The monoisotopic (exact) mass is 286 g/mol. The molecule has 4 heteroatoms. The minimum absolute atomic E-state index is 0.174. The van der Waals surface area contributed by atoms with Crippen LogP contribution in [0.15, 0.2) is 53.1 Å². The maximum absolute atomic E-state index is 12.2. The lowest BCUT2D eigenvalue weighted by Crippen LogP contribution is -2.32. The van der Waals surface area contributed by atoms with Crippen LogP contribution < -0.4 is 5.32 Å². The number of hydrogen-bond acceptors (Lipinski definition) is 3.